The molecule has 0 saturated heterocycles. The second-order valence-electron chi connectivity index (χ2n) is 4.22. The van der Waals surface area contributed by atoms with E-state index >= 15 is 0 Å². The molecule has 1 N–H and O–H groups in total. The van der Waals surface area contributed by atoms with Crippen molar-refractivity contribution in [2.24, 2.45) is 0 Å². The van der Waals surface area contributed by atoms with E-state index in [1.165, 1.54) is 0 Å². The minimum Gasteiger partial charge on any atom is -0.494 e. The van der Waals surface area contributed by atoms with Crippen molar-refractivity contribution in [1.82, 2.24) is 0 Å². The van der Waals surface area contributed by atoms with Crippen LogP contribution in [0.5, 0.6) is 11.5 Å². The Morgan fingerprint density at radius 2 is 1.81 bits per heavy atom. The molecule has 0 fully saturated rings. The molecule has 0 bridgehead atoms. The van der Waals surface area contributed by atoms with E-state index in [4.69, 9.17) is 9.47 Å². The van der Waals surface area contributed by atoms with Crippen LogP contribution in [0.25, 0.3) is 0 Å². The first-order valence-corrected chi connectivity index (χ1v) is 7.67. The van der Waals surface area contributed by atoms with Gasteiger partial charge in [-0.1, -0.05) is 12.1 Å². The minimum absolute atomic E-state index is 0.0206. The number of hydrogen-bond acceptors (Lipinski definition) is 3. The van der Waals surface area contributed by atoms with Crippen molar-refractivity contribution in [2.75, 3.05) is 18.5 Å². The summed E-state index contributed by atoms with van der Waals surface area (Å²) in [5, 5.41) is 2.78. The molecule has 0 heterocycles. The molecule has 1 amide bonds. The van der Waals surface area contributed by atoms with Gasteiger partial charge >= 0.3 is 0 Å². The molecule has 2 aromatic carbocycles. The summed E-state index contributed by atoms with van der Waals surface area (Å²) < 4.78 is 11.8. The van der Waals surface area contributed by atoms with Crippen LogP contribution < -0.4 is 14.8 Å². The van der Waals surface area contributed by atoms with E-state index < -0.39 is 0 Å². The first-order chi connectivity index (χ1) is 10.2. The number of ether oxygens (including phenoxy) is 2. The van der Waals surface area contributed by atoms with Crippen molar-refractivity contribution in [3.05, 3.63) is 52.1 Å². The maximum Gasteiger partial charge on any atom is 0.262 e. The van der Waals surface area contributed by atoms with Crippen molar-refractivity contribution in [3.8, 4) is 11.5 Å². The summed E-state index contributed by atoms with van der Waals surface area (Å²) >= 11 is 2.17. The van der Waals surface area contributed by atoms with Gasteiger partial charge in [0.2, 0.25) is 0 Å². The van der Waals surface area contributed by atoms with E-state index in [-0.39, 0.29) is 12.5 Å². The molecule has 0 unspecified atom stereocenters. The summed E-state index contributed by atoms with van der Waals surface area (Å²) in [6.45, 7) is 2.53. The Bertz CT molecular complexity index is 599. The highest BCUT2D eigenvalue weighted by atomic mass is 127. The quantitative estimate of drug-likeness (QED) is 0.757. The Morgan fingerprint density at radius 3 is 2.48 bits per heavy atom. The highest BCUT2D eigenvalue weighted by molar-refractivity contribution is 14.1. The maximum absolute atomic E-state index is 11.8. The van der Waals surface area contributed by atoms with Gasteiger partial charge in [-0.2, -0.15) is 0 Å². The third kappa shape index (κ3) is 4.93. The molecule has 0 atom stereocenters. The molecular formula is C16H16INO3. The number of hydrogen-bond donors (Lipinski definition) is 1. The molecule has 5 heteroatoms. The van der Waals surface area contributed by atoms with Crippen molar-refractivity contribution in [3.63, 3.8) is 0 Å². The summed E-state index contributed by atoms with van der Waals surface area (Å²) in [7, 11) is 0. The molecule has 0 radical (unpaired) electrons. The lowest BCUT2D eigenvalue weighted by Gasteiger charge is -2.09. The van der Waals surface area contributed by atoms with Gasteiger partial charge in [0.25, 0.3) is 5.91 Å². The molecule has 0 aliphatic carbocycles. The molecule has 2 rings (SSSR count). The van der Waals surface area contributed by atoms with Gasteiger partial charge in [-0.3, -0.25) is 4.79 Å². The fourth-order valence-electron chi connectivity index (χ4n) is 1.70. The zero-order valence-electron chi connectivity index (χ0n) is 11.6. The number of rotatable bonds is 6. The van der Waals surface area contributed by atoms with Crippen LogP contribution in [-0.4, -0.2) is 19.1 Å². The van der Waals surface area contributed by atoms with E-state index in [1.807, 2.05) is 43.3 Å². The predicted molar refractivity (Wildman–Crippen MR) is 90.9 cm³/mol. The fraction of sp³-hybridized carbons (Fsp3) is 0.188. The summed E-state index contributed by atoms with van der Waals surface area (Å²) in [5.74, 6) is 1.30. The van der Waals surface area contributed by atoms with Gasteiger partial charge in [0, 0.05) is 5.69 Å². The Kier molecular flexibility index (Phi) is 5.86. The Labute approximate surface area is 137 Å². The standard InChI is InChI=1S/C16H16INO3/c1-2-20-13-9-7-12(8-10-13)18-16(19)11-21-15-6-4-3-5-14(15)17/h3-10H,2,11H2,1H3,(H,18,19). The summed E-state index contributed by atoms with van der Waals surface area (Å²) in [4.78, 5) is 11.8. The molecule has 2 aromatic rings. The van der Waals surface area contributed by atoms with Gasteiger partial charge in [-0.25, -0.2) is 0 Å². The predicted octanol–water partition coefficient (Wildman–Crippen LogP) is 3.71. The normalized spacial score (nSPS) is 10.0. The average molecular weight is 397 g/mol. The number of carbonyl (C=O) groups excluding carboxylic acids is 1. The summed E-state index contributed by atoms with van der Waals surface area (Å²) in [6, 6.07) is 14.8. The van der Waals surface area contributed by atoms with Gasteiger partial charge in [0.15, 0.2) is 6.61 Å². The number of anilines is 1. The monoisotopic (exact) mass is 397 g/mol. The molecule has 21 heavy (non-hydrogen) atoms. The third-order valence-electron chi connectivity index (χ3n) is 2.64. The Hall–Kier alpha value is -1.76. The molecule has 0 aliphatic rings. The number of nitrogens with one attached hydrogen (secondary N) is 1. The van der Waals surface area contributed by atoms with Crippen LogP contribution in [0.15, 0.2) is 48.5 Å². The zero-order valence-corrected chi connectivity index (χ0v) is 13.8. The van der Waals surface area contributed by atoms with Crippen molar-refractivity contribution < 1.29 is 14.3 Å². The zero-order chi connectivity index (χ0) is 15.1. The first-order valence-electron chi connectivity index (χ1n) is 6.59. The molecule has 110 valence electrons. The van der Waals surface area contributed by atoms with Crippen LogP contribution in [0.3, 0.4) is 0 Å². The van der Waals surface area contributed by atoms with Crippen LogP contribution in [0, 0.1) is 3.57 Å². The Balaban J connectivity index is 1.85. The molecule has 0 aromatic heterocycles. The Morgan fingerprint density at radius 1 is 1.10 bits per heavy atom. The molecular weight excluding hydrogens is 381 g/mol. The number of para-hydroxylation sites is 1. The van der Waals surface area contributed by atoms with E-state index in [9.17, 15) is 4.79 Å². The highest BCUT2D eigenvalue weighted by Gasteiger charge is 2.05. The lowest BCUT2D eigenvalue weighted by molar-refractivity contribution is -0.118. The largest absolute Gasteiger partial charge is 0.494 e. The van der Waals surface area contributed by atoms with Crippen LogP contribution in [0.2, 0.25) is 0 Å². The van der Waals surface area contributed by atoms with E-state index in [0.717, 1.165) is 15.0 Å². The van der Waals surface area contributed by atoms with Crippen molar-refractivity contribution >= 4 is 34.2 Å². The van der Waals surface area contributed by atoms with Gasteiger partial charge in [0.05, 0.1) is 10.2 Å². The van der Waals surface area contributed by atoms with Crippen LogP contribution in [-0.2, 0) is 4.79 Å². The van der Waals surface area contributed by atoms with Gasteiger partial charge in [0.1, 0.15) is 11.5 Å². The fourth-order valence-corrected chi connectivity index (χ4v) is 2.25. The third-order valence-corrected chi connectivity index (χ3v) is 3.54. The topological polar surface area (TPSA) is 47.6 Å². The number of benzene rings is 2. The van der Waals surface area contributed by atoms with Gasteiger partial charge in [-0.05, 0) is 65.9 Å². The van der Waals surface area contributed by atoms with E-state index in [1.54, 1.807) is 12.1 Å². The van der Waals surface area contributed by atoms with Crippen LogP contribution in [0.1, 0.15) is 6.92 Å². The van der Waals surface area contributed by atoms with Crippen LogP contribution in [0.4, 0.5) is 5.69 Å². The van der Waals surface area contributed by atoms with Crippen molar-refractivity contribution in [1.29, 1.82) is 0 Å². The lowest BCUT2D eigenvalue weighted by atomic mass is 10.3. The highest BCUT2D eigenvalue weighted by Crippen LogP contribution is 2.20. The lowest BCUT2D eigenvalue weighted by Crippen LogP contribution is -2.20. The first kappa shape index (κ1) is 15.6. The molecule has 0 saturated carbocycles. The summed E-state index contributed by atoms with van der Waals surface area (Å²) in [5.41, 5.74) is 0.717. The van der Waals surface area contributed by atoms with E-state index in [0.29, 0.717) is 12.4 Å². The van der Waals surface area contributed by atoms with E-state index in [2.05, 4.69) is 27.9 Å². The number of carbonyl (C=O) groups is 1. The molecule has 4 nitrogen and oxygen atoms in total. The molecule has 0 spiro atoms. The second-order valence-corrected chi connectivity index (χ2v) is 5.39. The smallest absolute Gasteiger partial charge is 0.262 e. The maximum atomic E-state index is 11.8. The number of amides is 1. The number of halogens is 1. The SMILES string of the molecule is CCOc1ccc(NC(=O)COc2ccccc2I)cc1. The minimum atomic E-state index is -0.196. The average Bonchev–Trinajstić information content (AvgIpc) is 2.49. The second kappa shape index (κ2) is 7.87. The van der Waals surface area contributed by atoms with Crippen molar-refractivity contribution in [2.45, 2.75) is 6.92 Å². The summed E-state index contributed by atoms with van der Waals surface area (Å²) in [6.07, 6.45) is 0. The van der Waals surface area contributed by atoms with Crippen LogP contribution >= 0.6 is 22.6 Å². The molecule has 0 aliphatic heterocycles. The van der Waals surface area contributed by atoms with Gasteiger partial charge < -0.3 is 14.8 Å². The van der Waals surface area contributed by atoms with Gasteiger partial charge in [-0.15, -0.1) is 0 Å².